The average Bonchev–Trinajstić information content (AvgIpc) is 2.52. The van der Waals surface area contributed by atoms with Crippen LogP contribution in [-0.4, -0.2) is 19.6 Å². The third-order valence-electron chi connectivity index (χ3n) is 3.70. The Morgan fingerprint density at radius 1 is 1.14 bits per heavy atom. The molecule has 0 saturated heterocycles. The maximum absolute atomic E-state index is 12.9. The van der Waals surface area contributed by atoms with Gasteiger partial charge in [0, 0.05) is 24.9 Å². The zero-order valence-electron chi connectivity index (χ0n) is 13.7. The normalized spacial score (nSPS) is 10.5. The van der Waals surface area contributed by atoms with E-state index >= 15 is 0 Å². The first-order valence-electron chi connectivity index (χ1n) is 7.53. The van der Waals surface area contributed by atoms with E-state index in [0.717, 1.165) is 22.4 Å². The molecule has 3 heteroatoms. The minimum Gasteiger partial charge on any atom is -0.380 e. The second-order valence-electron chi connectivity index (χ2n) is 5.47. The summed E-state index contributed by atoms with van der Waals surface area (Å²) in [7, 11) is 1.66. The topological polar surface area (TPSA) is 29.5 Å². The number of hydrogen-bond acceptors (Lipinski definition) is 2. The summed E-state index contributed by atoms with van der Waals surface area (Å²) in [5.74, 6) is 0.0224. The highest BCUT2D eigenvalue weighted by Crippen LogP contribution is 2.23. The lowest BCUT2D eigenvalue weighted by Crippen LogP contribution is -2.31. The highest BCUT2D eigenvalue weighted by molar-refractivity contribution is 6.06. The van der Waals surface area contributed by atoms with Crippen LogP contribution in [0.15, 0.2) is 42.5 Å². The summed E-state index contributed by atoms with van der Waals surface area (Å²) >= 11 is 0. The largest absolute Gasteiger partial charge is 0.380 e. The molecule has 0 atom stereocenters. The van der Waals surface area contributed by atoms with Crippen molar-refractivity contribution in [1.29, 1.82) is 0 Å². The van der Waals surface area contributed by atoms with Gasteiger partial charge in [-0.2, -0.15) is 0 Å². The van der Waals surface area contributed by atoms with Crippen molar-refractivity contribution in [1.82, 2.24) is 0 Å². The van der Waals surface area contributed by atoms with Crippen LogP contribution in [0.2, 0.25) is 0 Å². The minimum absolute atomic E-state index is 0.0224. The summed E-state index contributed by atoms with van der Waals surface area (Å²) in [4.78, 5) is 14.7. The Balaban J connectivity index is 2.36. The van der Waals surface area contributed by atoms with Crippen molar-refractivity contribution in [2.75, 3.05) is 18.6 Å². The number of methoxy groups -OCH3 is 1. The van der Waals surface area contributed by atoms with Gasteiger partial charge >= 0.3 is 0 Å². The van der Waals surface area contributed by atoms with Crippen LogP contribution in [0.4, 0.5) is 5.69 Å². The Hall–Kier alpha value is -2.13. The molecule has 2 aromatic carbocycles. The molecule has 0 spiro atoms. The fraction of sp³-hybridized carbons (Fsp3) is 0.316. The molecule has 0 aliphatic rings. The van der Waals surface area contributed by atoms with E-state index in [4.69, 9.17) is 4.74 Å². The van der Waals surface area contributed by atoms with Crippen LogP contribution in [0.1, 0.15) is 34.0 Å². The van der Waals surface area contributed by atoms with Gasteiger partial charge in [0.25, 0.3) is 5.91 Å². The van der Waals surface area contributed by atoms with Gasteiger partial charge in [-0.1, -0.05) is 24.3 Å². The predicted molar refractivity (Wildman–Crippen MR) is 90.4 cm³/mol. The summed E-state index contributed by atoms with van der Waals surface area (Å²) in [6.07, 6.45) is 0. The molecule has 116 valence electrons. The summed E-state index contributed by atoms with van der Waals surface area (Å²) in [5.41, 5.74) is 4.93. The monoisotopic (exact) mass is 297 g/mol. The fourth-order valence-electron chi connectivity index (χ4n) is 2.55. The lowest BCUT2D eigenvalue weighted by atomic mass is 10.1. The Bertz CT molecular complexity index is 664. The molecule has 22 heavy (non-hydrogen) atoms. The second-order valence-corrected chi connectivity index (χ2v) is 5.47. The van der Waals surface area contributed by atoms with Gasteiger partial charge in [0.2, 0.25) is 0 Å². The van der Waals surface area contributed by atoms with Crippen LogP contribution in [0.25, 0.3) is 0 Å². The van der Waals surface area contributed by atoms with Crippen LogP contribution in [0.3, 0.4) is 0 Å². The predicted octanol–water partition coefficient (Wildman–Crippen LogP) is 4.12. The molecule has 0 radical (unpaired) electrons. The average molecular weight is 297 g/mol. The van der Waals surface area contributed by atoms with Crippen molar-refractivity contribution in [2.45, 2.75) is 27.4 Å². The smallest absolute Gasteiger partial charge is 0.258 e. The van der Waals surface area contributed by atoms with Gasteiger partial charge in [0.1, 0.15) is 0 Å². The Labute approximate surface area is 132 Å². The van der Waals surface area contributed by atoms with Crippen molar-refractivity contribution in [3.63, 3.8) is 0 Å². The highest BCUT2D eigenvalue weighted by atomic mass is 16.5. The number of rotatable bonds is 5. The van der Waals surface area contributed by atoms with Crippen LogP contribution in [-0.2, 0) is 11.3 Å². The highest BCUT2D eigenvalue weighted by Gasteiger charge is 2.18. The Morgan fingerprint density at radius 3 is 2.59 bits per heavy atom. The van der Waals surface area contributed by atoms with Gasteiger partial charge < -0.3 is 9.64 Å². The molecule has 3 nitrogen and oxygen atoms in total. The third-order valence-corrected chi connectivity index (χ3v) is 3.70. The summed E-state index contributed by atoms with van der Waals surface area (Å²) in [6.45, 7) is 7.22. The van der Waals surface area contributed by atoms with E-state index in [2.05, 4.69) is 18.2 Å². The lowest BCUT2D eigenvalue weighted by molar-refractivity contribution is 0.0988. The molecule has 0 aliphatic heterocycles. The van der Waals surface area contributed by atoms with Gasteiger partial charge in [-0.25, -0.2) is 0 Å². The second kappa shape index (κ2) is 7.23. The van der Waals surface area contributed by atoms with E-state index in [1.807, 2.05) is 49.9 Å². The number of hydrogen-bond donors (Lipinski definition) is 0. The number of amides is 1. The lowest BCUT2D eigenvalue weighted by Gasteiger charge is -2.24. The molecule has 1 amide bonds. The molecule has 0 saturated carbocycles. The number of anilines is 1. The van der Waals surface area contributed by atoms with E-state index in [1.54, 1.807) is 7.11 Å². The molecule has 0 N–H and O–H groups in total. The number of ether oxygens (including phenoxy) is 1. The van der Waals surface area contributed by atoms with Crippen LogP contribution < -0.4 is 4.90 Å². The molecule has 2 aromatic rings. The summed E-state index contributed by atoms with van der Waals surface area (Å²) in [6, 6.07) is 13.8. The van der Waals surface area contributed by atoms with Crippen LogP contribution in [0.5, 0.6) is 0 Å². The van der Waals surface area contributed by atoms with Crippen molar-refractivity contribution in [2.24, 2.45) is 0 Å². The van der Waals surface area contributed by atoms with Gasteiger partial charge in [-0.15, -0.1) is 0 Å². The van der Waals surface area contributed by atoms with Crippen molar-refractivity contribution >= 4 is 11.6 Å². The maximum atomic E-state index is 12.9. The molecule has 0 aromatic heterocycles. The van der Waals surface area contributed by atoms with Crippen LogP contribution in [0, 0.1) is 13.8 Å². The minimum atomic E-state index is 0.0224. The third kappa shape index (κ3) is 3.55. The number of benzene rings is 2. The molecule has 0 unspecified atom stereocenters. The van der Waals surface area contributed by atoms with E-state index in [0.29, 0.717) is 18.7 Å². The number of aryl methyl sites for hydroxylation is 2. The van der Waals surface area contributed by atoms with Crippen LogP contribution >= 0.6 is 0 Å². The van der Waals surface area contributed by atoms with Crippen molar-refractivity contribution < 1.29 is 9.53 Å². The standard InChI is InChI=1S/C19H23NO2/c1-5-20(18-11-14(2)9-10-15(18)3)19(21)17-8-6-7-16(12-17)13-22-4/h6-12H,5,13H2,1-4H3. The molecule has 0 fully saturated rings. The van der Waals surface area contributed by atoms with Crippen molar-refractivity contribution in [3.05, 3.63) is 64.7 Å². The number of nitrogens with zero attached hydrogens (tertiary/aromatic N) is 1. The quantitative estimate of drug-likeness (QED) is 0.831. The van der Waals surface area contributed by atoms with E-state index in [9.17, 15) is 4.79 Å². The SMILES string of the molecule is CCN(C(=O)c1cccc(COC)c1)c1cc(C)ccc1C. The van der Waals surface area contributed by atoms with Crippen molar-refractivity contribution in [3.8, 4) is 0 Å². The van der Waals surface area contributed by atoms with E-state index in [-0.39, 0.29) is 5.91 Å². The summed E-state index contributed by atoms with van der Waals surface area (Å²) in [5, 5.41) is 0. The zero-order valence-corrected chi connectivity index (χ0v) is 13.7. The molecule has 2 rings (SSSR count). The molecule has 0 bridgehead atoms. The first-order chi connectivity index (χ1) is 10.6. The Morgan fingerprint density at radius 2 is 1.91 bits per heavy atom. The van der Waals surface area contributed by atoms with Gasteiger partial charge in [-0.3, -0.25) is 4.79 Å². The van der Waals surface area contributed by atoms with E-state index < -0.39 is 0 Å². The van der Waals surface area contributed by atoms with E-state index in [1.165, 1.54) is 0 Å². The zero-order chi connectivity index (χ0) is 16.1. The Kier molecular flexibility index (Phi) is 5.34. The maximum Gasteiger partial charge on any atom is 0.258 e. The number of carbonyl (C=O) groups is 1. The van der Waals surface area contributed by atoms with Gasteiger partial charge in [-0.05, 0) is 55.7 Å². The molecule has 0 heterocycles. The molecular weight excluding hydrogens is 274 g/mol. The molecule has 0 aliphatic carbocycles. The fourth-order valence-corrected chi connectivity index (χ4v) is 2.55. The van der Waals surface area contributed by atoms with Gasteiger partial charge in [0.15, 0.2) is 0 Å². The molecular formula is C19H23NO2. The first-order valence-corrected chi connectivity index (χ1v) is 7.53. The van der Waals surface area contributed by atoms with Gasteiger partial charge in [0.05, 0.1) is 6.61 Å². The first kappa shape index (κ1) is 16.2. The summed E-state index contributed by atoms with van der Waals surface area (Å²) < 4.78 is 5.14. The number of carbonyl (C=O) groups excluding carboxylic acids is 1.